The number of benzene rings is 2. The van der Waals surface area contributed by atoms with Crippen LogP contribution in [0.15, 0.2) is 54.6 Å². The van der Waals surface area contributed by atoms with Gasteiger partial charge in [0, 0.05) is 24.5 Å². The van der Waals surface area contributed by atoms with Gasteiger partial charge >= 0.3 is 0 Å². The average Bonchev–Trinajstić information content (AvgIpc) is 3.15. The third kappa shape index (κ3) is 3.98. The highest BCUT2D eigenvalue weighted by Gasteiger charge is 2.45. The van der Waals surface area contributed by atoms with E-state index < -0.39 is 5.54 Å². The lowest BCUT2D eigenvalue weighted by Gasteiger charge is -2.41. The molecule has 0 spiro atoms. The summed E-state index contributed by atoms with van der Waals surface area (Å²) in [5.74, 6) is -0.830. The van der Waals surface area contributed by atoms with Crippen LogP contribution in [0.1, 0.15) is 28.5 Å². The molecule has 3 aromatic rings. The standard InChI is InChI=1S/C25H28N4O3/c1-17-8-10-18(11-9-17)12-13-26-22(30)15-27-24(32)25(2)16-29-20-7-5-4-6-19(20)14-21(29)23(31)28(25)3/h4-11,14H,12-13,15-16H2,1-3H3,(H,26,30)(H,27,32)/t25-/m0/s1. The molecule has 1 atom stereocenters. The van der Waals surface area contributed by atoms with Crippen LogP contribution in [-0.4, -0.2) is 52.9 Å². The fraction of sp³-hybridized carbons (Fsp3) is 0.320. The molecule has 2 aromatic carbocycles. The zero-order valence-electron chi connectivity index (χ0n) is 18.6. The minimum Gasteiger partial charge on any atom is -0.354 e. The van der Waals surface area contributed by atoms with Crippen LogP contribution in [-0.2, 0) is 22.6 Å². The van der Waals surface area contributed by atoms with Crippen molar-refractivity contribution < 1.29 is 14.4 Å². The monoisotopic (exact) mass is 432 g/mol. The normalized spacial score (nSPS) is 17.8. The number of amides is 3. The van der Waals surface area contributed by atoms with Crippen molar-refractivity contribution in [3.8, 4) is 0 Å². The van der Waals surface area contributed by atoms with Gasteiger partial charge in [-0.3, -0.25) is 14.4 Å². The predicted molar refractivity (Wildman–Crippen MR) is 123 cm³/mol. The number of para-hydroxylation sites is 1. The largest absolute Gasteiger partial charge is 0.354 e. The van der Waals surface area contributed by atoms with E-state index in [1.807, 2.05) is 66.1 Å². The fourth-order valence-corrected chi connectivity index (χ4v) is 4.11. The Kier molecular flexibility index (Phi) is 5.74. The number of rotatable bonds is 6. The Balaban J connectivity index is 1.37. The zero-order chi connectivity index (χ0) is 22.9. The molecule has 4 rings (SSSR count). The second kappa shape index (κ2) is 8.49. The Hall–Kier alpha value is -3.61. The third-order valence-corrected chi connectivity index (χ3v) is 6.30. The Morgan fingerprint density at radius 1 is 1.06 bits per heavy atom. The van der Waals surface area contributed by atoms with Gasteiger partial charge in [0.2, 0.25) is 11.8 Å². The summed E-state index contributed by atoms with van der Waals surface area (Å²) in [6.07, 6.45) is 0.721. The van der Waals surface area contributed by atoms with Crippen molar-refractivity contribution in [3.63, 3.8) is 0 Å². The molecular formula is C25H28N4O3. The summed E-state index contributed by atoms with van der Waals surface area (Å²) in [6.45, 7) is 4.44. The van der Waals surface area contributed by atoms with E-state index in [9.17, 15) is 14.4 Å². The maximum Gasteiger partial charge on any atom is 0.271 e. The minimum atomic E-state index is -1.10. The van der Waals surface area contributed by atoms with E-state index >= 15 is 0 Å². The van der Waals surface area contributed by atoms with E-state index in [1.165, 1.54) is 10.5 Å². The molecule has 1 aliphatic rings. The van der Waals surface area contributed by atoms with Crippen molar-refractivity contribution in [1.82, 2.24) is 20.1 Å². The van der Waals surface area contributed by atoms with Crippen LogP contribution >= 0.6 is 0 Å². The van der Waals surface area contributed by atoms with Gasteiger partial charge in [-0.2, -0.15) is 0 Å². The van der Waals surface area contributed by atoms with Crippen LogP contribution in [0.2, 0.25) is 0 Å². The predicted octanol–water partition coefficient (Wildman–Crippen LogP) is 2.27. The summed E-state index contributed by atoms with van der Waals surface area (Å²) in [7, 11) is 1.63. The summed E-state index contributed by atoms with van der Waals surface area (Å²) in [5, 5.41) is 6.51. The van der Waals surface area contributed by atoms with Gasteiger partial charge in [-0.25, -0.2) is 0 Å². The molecule has 3 amide bonds. The van der Waals surface area contributed by atoms with Crippen molar-refractivity contribution in [3.05, 3.63) is 71.4 Å². The van der Waals surface area contributed by atoms with Crippen molar-refractivity contribution in [2.45, 2.75) is 32.4 Å². The Bertz CT molecular complexity index is 1180. The lowest BCUT2D eigenvalue weighted by atomic mass is 9.95. The van der Waals surface area contributed by atoms with Crippen molar-refractivity contribution in [1.29, 1.82) is 0 Å². The molecule has 166 valence electrons. The summed E-state index contributed by atoms with van der Waals surface area (Å²) in [5.41, 5.74) is 2.71. The number of fused-ring (bicyclic) bond motifs is 3. The summed E-state index contributed by atoms with van der Waals surface area (Å²) in [4.78, 5) is 39.8. The molecule has 0 aliphatic carbocycles. The number of nitrogens with one attached hydrogen (secondary N) is 2. The Labute approximate surface area is 187 Å². The first-order valence-electron chi connectivity index (χ1n) is 10.8. The topological polar surface area (TPSA) is 83.4 Å². The van der Waals surface area contributed by atoms with Crippen molar-refractivity contribution in [2.24, 2.45) is 0 Å². The Morgan fingerprint density at radius 3 is 2.53 bits per heavy atom. The maximum atomic E-state index is 13.1. The molecule has 0 bridgehead atoms. The lowest BCUT2D eigenvalue weighted by Crippen LogP contribution is -2.63. The molecule has 2 heterocycles. The fourth-order valence-electron chi connectivity index (χ4n) is 4.11. The summed E-state index contributed by atoms with van der Waals surface area (Å²) < 4.78 is 1.89. The molecule has 2 N–H and O–H groups in total. The van der Waals surface area contributed by atoms with E-state index in [0.29, 0.717) is 18.8 Å². The molecule has 7 heteroatoms. The van der Waals surface area contributed by atoms with Crippen LogP contribution in [0.5, 0.6) is 0 Å². The van der Waals surface area contributed by atoms with Crippen LogP contribution in [0, 0.1) is 6.92 Å². The summed E-state index contributed by atoms with van der Waals surface area (Å²) >= 11 is 0. The highest BCUT2D eigenvalue weighted by Crippen LogP contribution is 2.31. The number of carbonyl (C=O) groups excluding carboxylic acids is 3. The number of carbonyl (C=O) groups is 3. The number of hydrogen-bond acceptors (Lipinski definition) is 3. The van der Waals surface area contributed by atoms with Gasteiger partial charge in [-0.15, -0.1) is 0 Å². The van der Waals surface area contributed by atoms with E-state index in [0.717, 1.165) is 22.9 Å². The number of nitrogens with zero attached hydrogens (tertiary/aromatic N) is 2. The first-order chi connectivity index (χ1) is 15.3. The average molecular weight is 433 g/mol. The summed E-state index contributed by atoms with van der Waals surface area (Å²) in [6, 6.07) is 17.7. The molecule has 0 saturated heterocycles. The molecule has 1 aromatic heterocycles. The zero-order valence-corrected chi connectivity index (χ0v) is 18.6. The van der Waals surface area contributed by atoms with Crippen LogP contribution in [0.4, 0.5) is 0 Å². The lowest BCUT2D eigenvalue weighted by molar-refractivity contribution is -0.134. The van der Waals surface area contributed by atoms with Crippen molar-refractivity contribution >= 4 is 28.6 Å². The van der Waals surface area contributed by atoms with Gasteiger partial charge in [0.25, 0.3) is 5.91 Å². The van der Waals surface area contributed by atoms with Gasteiger partial charge in [0.1, 0.15) is 11.2 Å². The first-order valence-corrected chi connectivity index (χ1v) is 10.8. The van der Waals surface area contributed by atoms with Crippen LogP contribution < -0.4 is 10.6 Å². The second-order valence-corrected chi connectivity index (χ2v) is 8.58. The quantitative estimate of drug-likeness (QED) is 0.627. The number of likely N-dealkylation sites (N-methyl/N-ethyl adjacent to an activating group) is 1. The van der Waals surface area contributed by atoms with Gasteiger partial charge in [0.15, 0.2) is 0 Å². The SMILES string of the molecule is Cc1ccc(CCNC(=O)CNC(=O)[C@]2(C)Cn3c(cc4ccccc43)C(=O)N2C)cc1. The van der Waals surface area contributed by atoms with Crippen LogP contribution in [0.3, 0.4) is 0 Å². The number of aromatic nitrogens is 1. The molecule has 7 nitrogen and oxygen atoms in total. The highest BCUT2D eigenvalue weighted by atomic mass is 16.2. The molecule has 0 fully saturated rings. The third-order valence-electron chi connectivity index (χ3n) is 6.30. The van der Waals surface area contributed by atoms with Crippen LogP contribution in [0.25, 0.3) is 10.9 Å². The van der Waals surface area contributed by atoms with Crippen molar-refractivity contribution in [2.75, 3.05) is 20.1 Å². The van der Waals surface area contributed by atoms with E-state index in [-0.39, 0.29) is 24.3 Å². The first kappa shape index (κ1) is 21.6. The van der Waals surface area contributed by atoms with Gasteiger partial charge < -0.3 is 20.1 Å². The molecule has 0 radical (unpaired) electrons. The molecule has 0 saturated carbocycles. The highest BCUT2D eigenvalue weighted by molar-refractivity contribution is 6.03. The Morgan fingerprint density at radius 2 is 1.78 bits per heavy atom. The van der Waals surface area contributed by atoms with Gasteiger partial charge in [-0.05, 0) is 38.0 Å². The molecule has 32 heavy (non-hydrogen) atoms. The van der Waals surface area contributed by atoms with E-state index in [4.69, 9.17) is 0 Å². The molecule has 0 unspecified atom stereocenters. The maximum absolute atomic E-state index is 13.1. The smallest absolute Gasteiger partial charge is 0.271 e. The second-order valence-electron chi connectivity index (χ2n) is 8.58. The number of hydrogen-bond donors (Lipinski definition) is 2. The van der Waals surface area contributed by atoms with E-state index in [1.54, 1.807) is 14.0 Å². The minimum absolute atomic E-state index is 0.135. The molecular weight excluding hydrogens is 404 g/mol. The van der Waals surface area contributed by atoms with E-state index in [2.05, 4.69) is 10.6 Å². The molecule has 1 aliphatic heterocycles. The van der Waals surface area contributed by atoms with Gasteiger partial charge in [-0.1, -0.05) is 48.0 Å². The number of aryl methyl sites for hydroxylation is 1. The van der Waals surface area contributed by atoms with Gasteiger partial charge in [0.05, 0.1) is 13.1 Å².